The van der Waals surface area contributed by atoms with E-state index in [4.69, 9.17) is 0 Å². The molecule has 1 N–H and O–H groups in total. The number of nitrogens with one attached hydrogen (secondary N) is 1. The Morgan fingerprint density at radius 3 is 2.21 bits per heavy atom. The molecule has 0 aromatic heterocycles. The summed E-state index contributed by atoms with van der Waals surface area (Å²) >= 11 is 0. The van der Waals surface area contributed by atoms with Crippen LogP contribution in [0.2, 0.25) is 0 Å². The number of hydrogen-bond acceptors (Lipinski definition) is 3. The first-order valence-electron chi connectivity index (χ1n) is 7.42. The van der Waals surface area contributed by atoms with Gasteiger partial charge in [-0.2, -0.15) is 0 Å². The van der Waals surface area contributed by atoms with Gasteiger partial charge in [-0.3, -0.25) is 9.10 Å². The summed E-state index contributed by atoms with van der Waals surface area (Å²) in [6, 6.07) is 13.3. The second kappa shape index (κ2) is 7.31. The third-order valence-electron chi connectivity index (χ3n) is 3.38. The van der Waals surface area contributed by atoms with E-state index in [0.717, 1.165) is 5.56 Å². The molecule has 0 atom stereocenters. The molecule has 0 spiro atoms. The number of rotatable bonds is 6. The molecule has 2 aromatic rings. The van der Waals surface area contributed by atoms with Crippen molar-refractivity contribution in [2.24, 2.45) is 0 Å². The van der Waals surface area contributed by atoms with E-state index in [9.17, 15) is 13.2 Å². The molecule has 126 valence electrons. The van der Waals surface area contributed by atoms with Crippen LogP contribution < -0.4 is 9.62 Å². The van der Waals surface area contributed by atoms with Gasteiger partial charge < -0.3 is 5.32 Å². The first-order valence-corrected chi connectivity index (χ1v) is 8.86. The van der Waals surface area contributed by atoms with E-state index in [1.54, 1.807) is 30.3 Å². The van der Waals surface area contributed by atoms with Gasteiger partial charge in [-0.25, -0.2) is 8.42 Å². The Kier molecular flexibility index (Phi) is 5.41. The largest absolute Gasteiger partial charge is 0.326 e. The Hall–Kier alpha value is -2.60. The average Bonchev–Trinajstić information content (AvgIpc) is 2.53. The van der Waals surface area contributed by atoms with Crippen LogP contribution in [-0.4, -0.2) is 20.9 Å². The second-order valence-corrected chi connectivity index (χ2v) is 7.23. The standard InChI is InChI=1S/C18H20N2O3S/c1-4-13-20(17-9-5-14(2)6-10-17)24(22,23)18-11-7-16(8-12-18)19-15(3)21/h4-12H,1,13H2,2-3H3,(H,19,21). The minimum atomic E-state index is -3.72. The number of anilines is 2. The minimum absolute atomic E-state index is 0.152. The van der Waals surface area contributed by atoms with Gasteiger partial charge in [0.05, 0.1) is 17.1 Å². The van der Waals surface area contributed by atoms with Crippen molar-refractivity contribution in [3.8, 4) is 0 Å². The van der Waals surface area contributed by atoms with Crippen LogP contribution in [0, 0.1) is 6.92 Å². The summed E-state index contributed by atoms with van der Waals surface area (Å²) in [5.41, 5.74) is 2.17. The molecular formula is C18H20N2O3S. The summed E-state index contributed by atoms with van der Waals surface area (Å²) in [6.07, 6.45) is 1.54. The highest BCUT2D eigenvalue weighted by Crippen LogP contribution is 2.25. The second-order valence-electron chi connectivity index (χ2n) is 5.37. The Morgan fingerprint density at radius 1 is 1.12 bits per heavy atom. The van der Waals surface area contributed by atoms with Gasteiger partial charge in [-0.1, -0.05) is 23.8 Å². The van der Waals surface area contributed by atoms with E-state index >= 15 is 0 Å². The fraction of sp³-hybridized carbons (Fsp3) is 0.167. The number of carbonyl (C=O) groups excluding carboxylic acids is 1. The Labute approximate surface area is 142 Å². The van der Waals surface area contributed by atoms with Crippen LogP contribution in [0.1, 0.15) is 12.5 Å². The van der Waals surface area contributed by atoms with Crippen LogP contribution in [0.5, 0.6) is 0 Å². The van der Waals surface area contributed by atoms with E-state index in [1.165, 1.54) is 23.4 Å². The fourth-order valence-electron chi connectivity index (χ4n) is 2.21. The molecule has 0 radical (unpaired) electrons. The SMILES string of the molecule is C=CCN(c1ccc(C)cc1)S(=O)(=O)c1ccc(NC(C)=O)cc1. The van der Waals surface area contributed by atoms with Gasteiger partial charge in [0.1, 0.15) is 0 Å². The molecule has 24 heavy (non-hydrogen) atoms. The summed E-state index contributed by atoms with van der Waals surface area (Å²) < 4.78 is 27.2. The highest BCUT2D eigenvalue weighted by Gasteiger charge is 2.23. The maximum absolute atomic E-state index is 12.9. The molecule has 1 amide bonds. The number of sulfonamides is 1. The highest BCUT2D eigenvalue weighted by atomic mass is 32.2. The maximum Gasteiger partial charge on any atom is 0.264 e. The van der Waals surface area contributed by atoms with Gasteiger partial charge in [-0.05, 0) is 43.3 Å². The average molecular weight is 344 g/mol. The lowest BCUT2D eigenvalue weighted by molar-refractivity contribution is -0.114. The van der Waals surface area contributed by atoms with Crippen molar-refractivity contribution >= 4 is 27.3 Å². The Bertz CT molecular complexity index is 826. The van der Waals surface area contributed by atoms with E-state index in [2.05, 4.69) is 11.9 Å². The van der Waals surface area contributed by atoms with E-state index in [1.807, 2.05) is 19.1 Å². The lowest BCUT2D eigenvalue weighted by Gasteiger charge is -2.23. The van der Waals surface area contributed by atoms with Crippen molar-refractivity contribution in [2.75, 3.05) is 16.2 Å². The van der Waals surface area contributed by atoms with Crippen LogP contribution in [0.25, 0.3) is 0 Å². The lowest BCUT2D eigenvalue weighted by Crippen LogP contribution is -2.31. The topological polar surface area (TPSA) is 66.5 Å². The fourth-order valence-corrected chi connectivity index (χ4v) is 3.65. The summed E-state index contributed by atoms with van der Waals surface area (Å²) in [7, 11) is -3.72. The summed E-state index contributed by atoms with van der Waals surface area (Å²) in [5, 5.41) is 2.61. The third-order valence-corrected chi connectivity index (χ3v) is 5.19. The maximum atomic E-state index is 12.9. The van der Waals surface area contributed by atoms with Crippen LogP contribution in [0.15, 0.2) is 66.1 Å². The van der Waals surface area contributed by atoms with E-state index in [0.29, 0.717) is 11.4 Å². The van der Waals surface area contributed by atoms with Crippen LogP contribution in [0.3, 0.4) is 0 Å². The molecule has 6 heteroatoms. The van der Waals surface area contributed by atoms with Crippen LogP contribution >= 0.6 is 0 Å². The number of benzene rings is 2. The van der Waals surface area contributed by atoms with Gasteiger partial charge in [0.15, 0.2) is 0 Å². The van der Waals surface area contributed by atoms with Gasteiger partial charge in [0.25, 0.3) is 10.0 Å². The number of amides is 1. The lowest BCUT2D eigenvalue weighted by atomic mass is 10.2. The summed E-state index contributed by atoms with van der Waals surface area (Å²) in [5.74, 6) is -0.210. The van der Waals surface area contributed by atoms with Crippen LogP contribution in [-0.2, 0) is 14.8 Å². The van der Waals surface area contributed by atoms with E-state index < -0.39 is 10.0 Å². The minimum Gasteiger partial charge on any atom is -0.326 e. The summed E-state index contributed by atoms with van der Waals surface area (Å²) in [6.45, 7) is 7.15. The molecule has 5 nitrogen and oxygen atoms in total. The molecule has 0 unspecified atom stereocenters. The Balaban J connectivity index is 2.39. The third kappa shape index (κ3) is 4.02. The number of carbonyl (C=O) groups is 1. The molecule has 2 rings (SSSR count). The molecule has 0 heterocycles. The normalized spacial score (nSPS) is 10.9. The van der Waals surface area contributed by atoms with Gasteiger partial charge >= 0.3 is 0 Å². The van der Waals surface area contributed by atoms with Crippen LogP contribution in [0.4, 0.5) is 11.4 Å². The zero-order valence-corrected chi connectivity index (χ0v) is 14.5. The number of aryl methyl sites for hydroxylation is 1. The molecule has 0 aliphatic carbocycles. The van der Waals surface area contributed by atoms with E-state index in [-0.39, 0.29) is 17.3 Å². The molecule has 0 saturated heterocycles. The predicted molar refractivity (Wildman–Crippen MR) is 96.7 cm³/mol. The van der Waals surface area contributed by atoms with Crippen molar-refractivity contribution < 1.29 is 13.2 Å². The van der Waals surface area contributed by atoms with Crippen molar-refractivity contribution in [1.82, 2.24) is 0 Å². The van der Waals surface area contributed by atoms with Crippen molar-refractivity contribution in [3.63, 3.8) is 0 Å². The monoisotopic (exact) mass is 344 g/mol. The van der Waals surface area contributed by atoms with Crippen molar-refractivity contribution in [3.05, 3.63) is 66.7 Å². The van der Waals surface area contributed by atoms with Gasteiger partial charge in [-0.15, -0.1) is 6.58 Å². The predicted octanol–water partition coefficient (Wildman–Crippen LogP) is 3.33. The molecule has 0 fully saturated rings. The quantitative estimate of drug-likeness (QED) is 0.817. The molecule has 0 aliphatic heterocycles. The zero-order valence-electron chi connectivity index (χ0n) is 13.7. The zero-order chi connectivity index (χ0) is 17.7. The first-order chi connectivity index (χ1) is 11.3. The molecular weight excluding hydrogens is 324 g/mol. The van der Waals surface area contributed by atoms with Gasteiger partial charge in [0.2, 0.25) is 5.91 Å². The highest BCUT2D eigenvalue weighted by molar-refractivity contribution is 7.92. The summed E-state index contributed by atoms with van der Waals surface area (Å²) in [4.78, 5) is 11.2. The number of nitrogens with zero attached hydrogens (tertiary/aromatic N) is 1. The van der Waals surface area contributed by atoms with Crippen molar-refractivity contribution in [2.45, 2.75) is 18.7 Å². The molecule has 0 bridgehead atoms. The Morgan fingerprint density at radius 2 is 1.71 bits per heavy atom. The first kappa shape index (κ1) is 17.7. The van der Waals surface area contributed by atoms with Crippen molar-refractivity contribution in [1.29, 1.82) is 0 Å². The molecule has 2 aromatic carbocycles. The smallest absolute Gasteiger partial charge is 0.264 e. The molecule has 0 aliphatic rings. The number of hydrogen-bond donors (Lipinski definition) is 1. The van der Waals surface area contributed by atoms with Gasteiger partial charge in [0, 0.05) is 12.6 Å². The molecule has 0 saturated carbocycles.